The molecule has 2 aromatic carbocycles. The van der Waals surface area contributed by atoms with Gasteiger partial charge >= 0.3 is 0 Å². The summed E-state index contributed by atoms with van der Waals surface area (Å²) in [6, 6.07) is 4.70. The Bertz CT molecular complexity index is 1480. The van der Waals surface area contributed by atoms with Crippen LogP contribution in [0.4, 0.5) is 18.9 Å². The molecule has 228 valence electrons. The van der Waals surface area contributed by atoms with Gasteiger partial charge in [0.1, 0.15) is 0 Å². The molecule has 0 saturated heterocycles. The fraction of sp³-hybridized carbons (Fsp3) is 0.500. The third kappa shape index (κ3) is 5.64. The van der Waals surface area contributed by atoms with Crippen molar-refractivity contribution >= 4 is 38.9 Å². The zero-order chi connectivity index (χ0) is 30.6. The van der Waals surface area contributed by atoms with E-state index in [1.165, 1.54) is 12.1 Å². The SMILES string of the molecule is O=C(Nc1cc(F)c(F)c(F)c1)c1ccc(Cl)c(S(=O)(=O)[C@H]2CC3CCC(C2)[C@]3(O)CNC(=O)C2CC(O)C(O)C2)c1. The van der Waals surface area contributed by atoms with Crippen molar-refractivity contribution in [3.05, 3.63) is 58.4 Å². The molecule has 4 atom stereocenters. The highest BCUT2D eigenvalue weighted by Crippen LogP contribution is 2.52. The lowest BCUT2D eigenvalue weighted by molar-refractivity contribution is -0.128. The van der Waals surface area contributed by atoms with Crippen LogP contribution in [0.3, 0.4) is 0 Å². The lowest BCUT2D eigenvalue weighted by Gasteiger charge is -2.42. The lowest BCUT2D eigenvalue weighted by atomic mass is 9.74. The largest absolute Gasteiger partial charge is 0.390 e. The second-order valence-electron chi connectivity index (χ2n) is 11.5. The van der Waals surface area contributed by atoms with E-state index in [4.69, 9.17) is 11.6 Å². The first kappa shape index (κ1) is 30.7. The summed E-state index contributed by atoms with van der Waals surface area (Å²) in [5.74, 6) is -7.46. The summed E-state index contributed by atoms with van der Waals surface area (Å²) in [6.07, 6.45) is -0.449. The van der Waals surface area contributed by atoms with E-state index in [1.807, 2.05) is 0 Å². The zero-order valence-electron chi connectivity index (χ0n) is 22.2. The number of carbonyl (C=O) groups excluding carboxylic acids is 2. The average Bonchev–Trinajstić information content (AvgIpc) is 3.31. The minimum absolute atomic E-state index is 0.0857. The van der Waals surface area contributed by atoms with Crippen molar-refractivity contribution in [3.63, 3.8) is 0 Å². The van der Waals surface area contributed by atoms with Gasteiger partial charge in [-0.25, -0.2) is 21.6 Å². The Kier molecular flexibility index (Phi) is 8.36. The highest BCUT2D eigenvalue weighted by Gasteiger charge is 2.56. The molecule has 0 heterocycles. The number of hydrogen-bond acceptors (Lipinski definition) is 7. The maximum absolute atomic E-state index is 13.7. The second kappa shape index (κ2) is 11.4. The molecule has 42 heavy (non-hydrogen) atoms. The number of aliphatic hydroxyl groups is 3. The molecule has 9 nitrogen and oxygen atoms in total. The summed E-state index contributed by atoms with van der Waals surface area (Å²) >= 11 is 6.25. The summed E-state index contributed by atoms with van der Waals surface area (Å²) in [7, 11) is -4.11. The van der Waals surface area contributed by atoms with Crippen molar-refractivity contribution in [1.82, 2.24) is 5.32 Å². The molecule has 0 aliphatic heterocycles. The molecule has 5 N–H and O–H groups in total. The first-order valence-corrected chi connectivity index (χ1v) is 15.5. The van der Waals surface area contributed by atoms with Crippen molar-refractivity contribution in [2.24, 2.45) is 17.8 Å². The summed E-state index contributed by atoms with van der Waals surface area (Å²) in [5, 5.41) is 34.9. The molecule has 0 radical (unpaired) electrons. The number of sulfone groups is 1. The summed E-state index contributed by atoms with van der Waals surface area (Å²) in [6.45, 7) is -0.0857. The quantitative estimate of drug-likeness (QED) is 0.295. The molecule has 3 fully saturated rings. The van der Waals surface area contributed by atoms with Gasteiger partial charge in [0.25, 0.3) is 5.91 Å². The van der Waals surface area contributed by atoms with Crippen LogP contribution in [0.1, 0.15) is 48.9 Å². The van der Waals surface area contributed by atoms with Gasteiger partial charge in [-0.1, -0.05) is 11.6 Å². The van der Waals surface area contributed by atoms with Crippen molar-refractivity contribution in [2.75, 3.05) is 11.9 Å². The predicted octanol–water partition coefficient (Wildman–Crippen LogP) is 2.95. The summed E-state index contributed by atoms with van der Waals surface area (Å²) < 4.78 is 67.9. The van der Waals surface area contributed by atoms with Gasteiger partial charge in [0.15, 0.2) is 27.3 Å². The standard InChI is InChI=1S/C28H30ClF3N2O7S/c29-19-4-1-13(27(38)34-17-10-20(30)25(32)21(31)11-17)7-24(19)42(40,41)18-8-15-2-3-16(9-18)28(15,39)12-33-26(37)14-5-22(35)23(36)6-14/h1,4,7,10-11,14-16,18,22-23,35-36,39H,2-3,5-6,8-9,12H2,(H,33,37)(H,34,38)/t14?,15?,16?,18-,22?,23?,28-. The number of halogens is 4. The minimum atomic E-state index is -4.11. The van der Waals surface area contributed by atoms with Crippen LogP contribution in [-0.2, 0) is 14.6 Å². The van der Waals surface area contributed by atoms with Gasteiger partial charge < -0.3 is 26.0 Å². The van der Waals surface area contributed by atoms with E-state index in [0.29, 0.717) is 25.0 Å². The van der Waals surface area contributed by atoms with Crippen LogP contribution in [0.25, 0.3) is 0 Å². The van der Waals surface area contributed by atoms with Gasteiger partial charge in [-0.3, -0.25) is 9.59 Å². The van der Waals surface area contributed by atoms with E-state index in [0.717, 1.165) is 6.07 Å². The number of carbonyl (C=O) groups is 2. The summed E-state index contributed by atoms with van der Waals surface area (Å²) in [4.78, 5) is 25.1. The topological polar surface area (TPSA) is 153 Å². The van der Waals surface area contributed by atoms with Crippen LogP contribution in [0.5, 0.6) is 0 Å². The van der Waals surface area contributed by atoms with Crippen LogP contribution in [0.15, 0.2) is 35.2 Å². The van der Waals surface area contributed by atoms with E-state index in [9.17, 15) is 46.5 Å². The molecule has 3 aliphatic carbocycles. The van der Waals surface area contributed by atoms with Crippen molar-refractivity contribution < 1.29 is 46.5 Å². The molecular weight excluding hydrogens is 601 g/mol. The van der Waals surface area contributed by atoms with Gasteiger partial charge in [-0.05, 0) is 68.6 Å². The number of fused-ring (bicyclic) bond motifs is 2. The number of hydrogen-bond donors (Lipinski definition) is 5. The van der Waals surface area contributed by atoms with E-state index >= 15 is 0 Å². The Labute approximate surface area is 245 Å². The molecule has 3 aliphatic rings. The predicted molar refractivity (Wildman–Crippen MR) is 145 cm³/mol. The number of rotatable bonds is 7. The van der Waals surface area contributed by atoms with Gasteiger partial charge in [0.2, 0.25) is 5.91 Å². The van der Waals surface area contributed by atoms with E-state index < -0.39 is 74.0 Å². The maximum Gasteiger partial charge on any atom is 0.255 e. The van der Waals surface area contributed by atoms with Crippen LogP contribution >= 0.6 is 11.6 Å². The smallest absolute Gasteiger partial charge is 0.255 e. The zero-order valence-corrected chi connectivity index (χ0v) is 23.8. The molecule has 14 heteroatoms. The highest BCUT2D eigenvalue weighted by molar-refractivity contribution is 7.92. The van der Waals surface area contributed by atoms with E-state index in [2.05, 4.69) is 10.6 Å². The number of nitrogens with one attached hydrogen (secondary N) is 2. The highest BCUT2D eigenvalue weighted by atomic mass is 35.5. The van der Waals surface area contributed by atoms with Crippen LogP contribution in [0.2, 0.25) is 5.02 Å². The normalized spacial score (nSPS) is 30.7. The van der Waals surface area contributed by atoms with E-state index in [1.54, 1.807) is 0 Å². The molecule has 3 saturated carbocycles. The molecule has 4 unspecified atom stereocenters. The fourth-order valence-corrected chi connectivity index (χ4v) is 9.01. The molecular formula is C28H30ClF3N2O7S. The molecule has 2 aromatic rings. The van der Waals surface area contributed by atoms with Crippen LogP contribution < -0.4 is 10.6 Å². The fourth-order valence-electron chi connectivity index (χ4n) is 6.61. The average molecular weight is 631 g/mol. The molecule has 2 bridgehead atoms. The Morgan fingerprint density at radius 1 is 0.952 bits per heavy atom. The Balaban J connectivity index is 1.29. The van der Waals surface area contributed by atoms with Crippen molar-refractivity contribution in [1.29, 1.82) is 0 Å². The van der Waals surface area contributed by atoms with Gasteiger partial charge in [0, 0.05) is 35.8 Å². The van der Waals surface area contributed by atoms with Crippen LogP contribution in [-0.4, -0.2) is 65.2 Å². The van der Waals surface area contributed by atoms with Crippen LogP contribution in [0, 0.1) is 35.2 Å². The van der Waals surface area contributed by atoms with E-state index in [-0.39, 0.29) is 59.3 Å². The third-order valence-electron chi connectivity index (χ3n) is 8.97. The second-order valence-corrected chi connectivity index (χ2v) is 14.1. The van der Waals surface area contributed by atoms with Crippen molar-refractivity contribution in [3.8, 4) is 0 Å². The van der Waals surface area contributed by atoms with Crippen molar-refractivity contribution in [2.45, 2.75) is 66.5 Å². The van der Waals surface area contributed by atoms with Gasteiger partial charge in [0.05, 0.1) is 33.0 Å². The van der Waals surface area contributed by atoms with Gasteiger partial charge in [-0.15, -0.1) is 0 Å². The molecule has 0 spiro atoms. The maximum atomic E-state index is 13.7. The number of amides is 2. The first-order valence-electron chi connectivity index (χ1n) is 13.6. The Morgan fingerprint density at radius 2 is 1.52 bits per heavy atom. The molecule has 5 rings (SSSR count). The molecule has 0 aromatic heterocycles. The number of aliphatic hydroxyl groups excluding tert-OH is 2. The molecule has 2 amide bonds. The number of benzene rings is 2. The Morgan fingerprint density at radius 3 is 2.10 bits per heavy atom. The number of anilines is 1. The first-order chi connectivity index (χ1) is 19.7. The minimum Gasteiger partial charge on any atom is -0.390 e. The lowest BCUT2D eigenvalue weighted by Crippen LogP contribution is -2.55. The third-order valence-corrected chi connectivity index (χ3v) is 11.6. The van der Waals surface area contributed by atoms with Gasteiger partial charge in [-0.2, -0.15) is 0 Å². The monoisotopic (exact) mass is 630 g/mol. The summed E-state index contributed by atoms with van der Waals surface area (Å²) in [5.41, 5.74) is -1.86. The Hall–Kier alpha value is -2.71.